The van der Waals surface area contributed by atoms with Gasteiger partial charge < -0.3 is 0 Å². The zero-order chi connectivity index (χ0) is 10.2. The van der Waals surface area contributed by atoms with Crippen LogP contribution >= 0.6 is 0 Å². The molecule has 0 spiro atoms. The van der Waals surface area contributed by atoms with Crippen molar-refractivity contribution in [1.82, 2.24) is 0 Å². The molecular weight excluding hydrogens is 155 g/mol. The number of unbranched alkanes of at least 4 members (excludes halogenated alkanes) is 1. The van der Waals surface area contributed by atoms with E-state index in [1.807, 2.05) is 0 Å². The summed E-state index contributed by atoms with van der Waals surface area (Å²) in [5.74, 6) is 0. The normalized spacial score (nSPS) is 11.7. The number of hydrogen-bond acceptors (Lipinski definition) is 0. The summed E-state index contributed by atoms with van der Waals surface area (Å²) in [6.07, 6.45) is 9.84. The highest BCUT2D eigenvalue weighted by Crippen LogP contribution is 2.41. The second-order valence-electron chi connectivity index (χ2n) is 4.46. The summed E-state index contributed by atoms with van der Waals surface area (Å²) in [6.45, 7) is 9.33. The Labute approximate surface area is 85.7 Å². The van der Waals surface area contributed by atoms with Gasteiger partial charge in [-0.25, -0.2) is 0 Å². The lowest BCUT2D eigenvalue weighted by molar-refractivity contribution is 0.416. The molecule has 0 aromatic rings. The summed E-state index contributed by atoms with van der Waals surface area (Å²) in [4.78, 5) is 0. The van der Waals surface area contributed by atoms with Crippen molar-refractivity contribution in [3.05, 3.63) is 0 Å². The Morgan fingerprint density at radius 3 is 1.69 bits per heavy atom. The van der Waals surface area contributed by atoms with Gasteiger partial charge in [0.1, 0.15) is 7.28 Å². The summed E-state index contributed by atoms with van der Waals surface area (Å²) >= 11 is 0. The first-order chi connectivity index (χ1) is 6.24. The summed E-state index contributed by atoms with van der Waals surface area (Å²) in [5.41, 5.74) is 0. The molecule has 0 aliphatic carbocycles. The Balaban J connectivity index is 4.07. The lowest BCUT2D eigenvalue weighted by Gasteiger charge is -2.32. The van der Waals surface area contributed by atoms with Crippen LogP contribution in [0.15, 0.2) is 0 Å². The maximum absolute atomic E-state index is 2.38. The van der Waals surface area contributed by atoms with Gasteiger partial charge in [-0.2, -0.15) is 0 Å². The van der Waals surface area contributed by atoms with Crippen molar-refractivity contribution in [3.8, 4) is 0 Å². The third-order valence-electron chi connectivity index (χ3n) is 3.37. The molecule has 0 fully saturated rings. The molecule has 0 unspecified atom stereocenters. The van der Waals surface area contributed by atoms with Gasteiger partial charge >= 0.3 is 0 Å². The molecule has 1 heteroatoms. The van der Waals surface area contributed by atoms with E-state index in [1.165, 1.54) is 52.2 Å². The monoisotopic (exact) mass is 182 g/mol. The third-order valence-corrected chi connectivity index (χ3v) is 3.37. The predicted molar refractivity (Wildman–Crippen MR) is 65.0 cm³/mol. The van der Waals surface area contributed by atoms with E-state index in [4.69, 9.17) is 0 Å². The quantitative estimate of drug-likeness (QED) is 0.487. The Hall–Kier alpha value is 0.0649. The van der Waals surface area contributed by atoms with Gasteiger partial charge in [-0.05, 0) is 0 Å². The first-order valence-electron chi connectivity index (χ1n) is 6.24. The second-order valence-corrected chi connectivity index (χ2v) is 4.46. The van der Waals surface area contributed by atoms with Crippen LogP contribution < -0.4 is 0 Å². The SMILES string of the molecule is CBC(CCC)(CCC)CCCC. The Morgan fingerprint density at radius 2 is 1.38 bits per heavy atom. The Morgan fingerprint density at radius 1 is 0.846 bits per heavy atom. The second kappa shape index (κ2) is 7.47. The van der Waals surface area contributed by atoms with Gasteiger partial charge in [-0.3, -0.25) is 0 Å². The molecule has 0 bridgehead atoms. The van der Waals surface area contributed by atoms with Gasteiger partial charge in [-0.1, -0.05) is 77.9 Å². The van der Waals surface area contributed by atoms with Crippen molar-refractivity contribution in [2.75, 3.05) is 0 Å². The van der Waals surface area contributed by atoms with Gasteiger partial charge in [-0.15, -0.1) is 0 Å². The molecule has 0 heterocycles. The highest BCUT2D eigenvalue weighted by molar-refractivity contribution is 6.38. The minimum absolute atomic E-state index is 0.694. The van der Waals surface area contributed by atoms with Gasteiger partial charge in [0.2, 0.25) is 0 Å². The molecule has 0 saturated heterocycles. The molecule has 78 valence electrons. The molecule has 0 nitrogen and oxygen atoms in total. The van der Waals surface area contributed by atoms with Gasteiger partial charge in [0.05, 0.1) is 0 Å². The highest BCUT2D eigenvalue weighted by atomic mass is 14.2. The average molecular weight is 182 g/mol. The van der Waals surface area contributed by atoms with E-state index in [1.54, 1.807) is 0 Å². The van der Waals surface area contributed by atoms with Crippen LogP contribution in [0.4, 0.5) is 0 Å². The predicted octanol–water partition coefficient (Wildman–Crippen LogP) is 4.42. The number of rotatable bonds is 8. The molecule has 0 saturated carbocycles. The van der Waals surface area contributed by atoms with Crippen molar-refractivity contribution in [2.45, 2.75) is 77.9 Å². The average Bonchev–Trinajstić information content (AvgIpc) is 2.15. The maximum atomic E-state index is 2.38. The smallest absolute Gasteiger partial charge is 0.0888 e. The van der Waals surface area contributed by atoms with Crippen LogP contribution in [0.1, 0.15) is 65.7 Å². The summed E-state index contributed by atoms with van der Waals surface area (Å²) in [6, 6.07) is 0. The fourth-order valence-corrected chi connectivity index (χ4v) is 2.52. The molecule has 0 radical (unpaired) electrons. The number of hydrogen-bond donors (Lipinski definition) is 0. The first kappa shape index (κ1) is 13.1. The molecule has 0 amide bonds. The van der Waals surface area contributed by atoms with E-state index >= 15 is 0 Å². The van der Waals surface area contributed by atoms with Crippen LogP contribution in [0.2, 0.25) is 12.1 Å². The molecule has 0 aromatic heterocycles. The maximum Gasteiger partial charge on any atom is 0.124 e. The van der Waals surface area contributed by atoms with Gasteiger partial charge in [0.25, 0.3) is 0 Å². The largest absolute Gasteiger partial charge is 0.124 e. The van der Waals surface area contributed by atoms with Crippen LogP contribution in [0.5, 0.6) is 0 Å². The van der Waals surface area contributed by atoms with Crippen molar-refractivity contribution < 1.29 is 0 Å². The molecule has 0 atom stereocenters. The van der Waals surface area contributed by atoms with E-state index < -0.39 is 0 Å². The lowest BCUT2D eigenvalue weighted by atomic mass is 9.48. The van der Waals surface area contributed by atoms with E-state index in [9.17, 15) is 0 Å². The van der Waals surface area contributed by atoms with Gasteiger partial charge in [0.15, 0.2) is 0 Å². The van der Waals surface area contributed by atoms with Crippen LogP contribution in [0.3, 0.4) is 0 Å². The van der Waals surface area contributed by atoms with Crippen molar-refractivity contribution in [2.24, 2.45) is 0 Å². The van der Waals surface area contributed by atoms with E-state index in [0.29, 0.717) is 5.31 Å². The molecule has 0 aliphatic rings. The van der Waals surface area contributed by atoms with Crippen molar-refractivity contribution >= 4 is 7.28 Å². The molecule has 0 aromatic carbocycles. The molecule has 0 rings (SSSR count). The molecular formula is C12H27B. The minimum Gasteiger partial charge on any atom is -0.0888 e. The fourth-order valence-electron chi connectivity index (χ4n) is 2.52. The zero-order valence-electron chi connectivity index (χ0n) is 10.2. The molecule has 0 N–H and O–H groups in total. The Kier molecular flexibility index (Phi) is 7.50. The van der Waals surface area contributed by atoms with Gasteiger partial charge in [0, 0.05) is 0 Å². The third kappa shape index (κ3) is 4.74. The van der Waals surface area contributed by atoms with Crippen LogP contribution in [-0.4, -0.2) is 7.28 Å². The summed E-state index contributed by atoms with van der Waals surface area (Å²) in [5, 5.41) is 0.694. The summed E-state index contributed by atoms with van der Waals surface area (Å²) < 4.78 is 0. The highest BCUT2D eigenvalue weighted by Gasteiger charge is 2.25. The lowest BCUT2D eigenvalue weighted by Crippen LogP contribution is -2.18. The summed E-state index contributed by atoms with van der Waals surface area (Å²) in [7, 11) is 1.38. The van der Waals surface area contributed by atoms with Crippen molar-refractivity contribution in [1.29, 1.82) is 0 Å². The van der Waals surface area contributed by atoms with Crippen molar-refractivity contribution in [3.63, 3.8) is 0 Å². The van der Waals surface area contributed by atoms with E-state index in [2.05, 4.69) is 27.6 Å². The fraction of sp³-hybridized carbons (Fsp3) is 1.00. The van der Waals surface area contributed by atoms with Crippen LogP contribution in [0.25, 0.3) is 0 Å². The van der Waals surface area contributed by atoms with Crippen LogP contribution in [0, 0.1) is 0 Å². The van der Waals surface area contributed by atoms with E-state index in [-0.39, 0.29) is 0 Å². The molecule has 0 aliphatic heterocycles. The molecule has 13 heavy (non-hydrogen) atoms. The topological polar surface area (TPSA) is 0 Å². The minimum atomic E-state index is 0.694. The van der Waals surface area contributed by atoms with Crippen LogP contribution in [-0.2, 0) is 0 Å². The Bertz CT molecular complexity index is 104. The zero-order valence-corrected chi connectivity index (χ0v) is 10.2. The van der Waals surface area contributed by atoms with E-state index in [0.717, 1.165) is 0 Å². The standard InChI is InChI=1S/C12H27B/c1-5-8-11-12(13-4,9-6-2)10-7-3/h13H,5-11H2,1-4H3. The first-order valence-corrected chi connectivity index (χ1v) is 6.24.